The molecule has 0 aliphatic rings. The van der Waals surface area contributed by atoms with E-state index in [0.29, 0.717) is 0 Å². The number of benzene rings is 1. The average molecular weight is 283 g/mol. The first-order chi connectivity index (χ1) is 10.2. The lowest BCUT2D eigenvalue weighted by Crippen LogP contribution is -1.99. The lowest BCUT2D eigenvalue weighted by Gasteiger charge is -2.08. The molecule has 0 unspecified atom stereocenters. The number of pyridine rings is 1. The fourth-order valence-electron chi connectivity index (χ4n) is 2.21. The van der Waals surface area contributed by atoms with Crippen LogP contribution in [0.25, 0.3) is 16.9 Å². The van der Waals surface area contributed by atoms with Crippen LogP contribution in [0.5, 0.6) is 5.75 Å². The summed E-state index contributed by atoms with van der Waals surface area (Å²) in [5.74, 6) is -0.166. The average Bonchev–Trinajstić information content (AvgIpc) is 2.90. The molecule has 0 amide bonds. The van der Waals surface area contributed by atoms with Gasteiger partial charge in [-0.25, -0.2) is 9.07 Å². The third-order valence-electron chi connectivity index (χ3n) is 3.19. The van der Waals surface area contributed by atoms with Gasteiger partial charge in [-0.1, -0.05) is 0 Å². The first-order valence-electron chi connectivity index (χ1n) is 6.50. The number of hydrogen-bond donors (Lipinski definition) is 0. The van der Waals surface area contributed by atoms with Crippen LogP contribution in [0.15, 0.2) is 48.8 Å². The van der Waals surface area contributed by atoms with Gasteiger partial charge in [0.25, 0.3) is 0 Å². The molecule has 0 saturated heterocycles. The molecule has 21 heavy (non-hydrogen) atoms. The predicted octanol–water partition coefficient (Wildman–Crippen LogP) is 3.39. The minimum absolute atomic E-state index is 0.227. The van der Waals surface area contributed by atoms with Crippen molar-refractivity contribution in [2.24, 2.45) is 0 Å². The van der Waals surface area contributed by atoms with Crippen LogP contribution < -0.4 is 4.74 Å². The van der Waals surface area contributed by atoms with Gasteiger partial charge in [-0.15, -0.1) is 0 Å². The lowest BCUT2D eigenvalue weighted by atomic mass is 10.1. The molecule has 4 nitrogen and oxygen atoms in total. The van der Waals surface area contributed by atoms with Crippen molar-refractivity contribution in [2.75, 3.05) is 7.11 Å². The zero-order valence-electron chi connectivity index (χ0n) is 11.7. The monoisotopic (exact) mass is 283 g/mol. The standard InChI is InChI=1S/C16H14FN3O/c1-11-9-15(12-3-4-16(21-2)14(17)10-12)20(19-11)13-5-7-18-8-6-13/h3-10H,1-2H3. The zero-order chi connectivity index (χ0) is 14.8. The summed E-state index contributed by atoms with van der Waals surface area (Å²) in [5, 5.41) is 4.46. The van der Waals surface area contributed by atoms with Gasteiger partial charge in [0.1, 0.15) is 0 Å². The van der Waals surface area contributed by atoms with Gasteiger partial charge in [-0.3, -0.25) is 4.98 Å². The minimum Gasteiger partial charge on any atom is -0.494 e. The molecule has 0 N–H and O–H groups in total. The molecular formula is C16H14FN3O. The molecule has 1 aromatic carbocycles. The molecule has 0 fully saturated rings. The van der Waals surface area contributed by atoms with Crippen LogP contribution in [0.2, 0.25) is 0 Å². The number of nitrogens with zero attached hydrogens (tertiary/aromatic N) is 3. The van der Waals surface area contributed by atoms with Crippen molar-refractivity contribution in [2.45, 2.75) is 6.92 Å². The fraction of sp³-hybridized carbons (Fsp3) is 0.125. The van der Waals surface area contributed by atoms with Gasteiger partial charge < -0.3 is 4.74 Å². The van der Waals surface area contributed by atoms with Crippen LogP contribution in [0.4, 0.5) is 4.39 Å². The highest BCUT2D eigenvalue weighted by molar-refractivity contribution is 5.63. The Balaban J connectivity index is 2.13. The minimum atomic E-state index is -0.393. The number of halogens is 1. The van der Waals surface area contributed by atoms with E-state index in [-0.39, 0.29) is 5.75 Å². The van der Waals surface area contributed by atoms with Crippen molar-refractivity contribution in [3.63, 3.8) is 0 Å². The van der Waals surface area contributed by atoms with E-state index in [1.807, 2.05) is 31.2 Å². The fourth-order valence-corrected chi connectivity index (χ4v) is 2.21. The van der Waals surface area contributed by atoms with Gasteiger partial charge >= 0.3 is 0 Å². The van der Waals surface area contributed by atoms with Crippen molar-refractivity contribution >= 4 is 0 Å². The second-order valence-corrected chi connectivity index (χ2v) is 4.64. The van der Waals surface area contributed by atoms with Gasteiger partial charge in [0, 0.05) is 18.0 Å². The molecule has 0 bridgehead atoms. The second kappa shape index (κ2) is 5.36. The number of aromatic nitrogens is 3. The molecule has 2 heterocycles. The molecular weight excluding hydrogens is 269 g/mol. The van der Waals surface area contributed by atoms with Crippen LogP contribution in [-0.2, 0) is 0 Å². The number of ether oxygens (including phenoxy) is 1. The number of methoxy groups -OCH3 is 1. The Morgan fingerprint density at radius 2 is 1.86 bits per heavy atom. The van der Waals surface area contributed by atoms with Crippen LogP contribution >= 0.6 is 0 Å². The molecule has 106 valence electrons. The smallest absolute Gasteiger partial charge is 0.165 e. The Kier molecular flexibility index (Phi) is 3.39. The van der Waals surface area contributed by atoms with Crippen LogP contribution in [0.1, 0.15) is 5.69 Å². The first-order valence-corrected chi connectivity index (χ1v) is 6.50. The number of rotatable bonds is 3. The maximum absolute atomic E-state index is 13.9. The lowest BCUT2D eigenvalue weighted by molar-refractivity contribution is 0.386. The molecule has 3 rings (SSSR count). The third-order valence-corrected chi connectivity index (χ3v) is 3.19. The predicted molar refractivity (Wildman–Crippen MR) is 78.0 cm³/mol. The Hall–Kier alpha value is -2.69. The van der Waals surface area contributed by atoms with Gasteiger partial charge in [0.15, 0.2) is 11.6 Å². The van der Waals surface area contributed by atoms with Gasteiger partial charge in [0.2, 0.25) is 0 Å². The van der Waals surface area contributed by atoms with Crippen LogP contribution in [-0.4, -0.2) is 21.9 Å². The van der Waals surface area contributed by atoms with Crippen molar-refractivity contribution in [3.05, 3.63) is 60.3 Å². The van der Waals surface area contributed by atoms with Crippen LogP contribution in [0, 0.1) is 12.7 Å². The molecule has 0 radical (unpaired) electrons. The highest BCUT2D eigenvalue weighted by Gasteiger charge is 2.12. The van der Waals surface area contributed by atoms with E-state index in [1.165, 1.54) is 13.2 Å². The molecule has 0 aliphatic carbocycles. The van der Waals surface area contributed by atoms with E-state index in [9.17, 15) is 4.39 Å². The maximum Gasteiger partial charge on any atom is 0.165 e. The first kappa shape index (κ1) is 13.3. The Bertz CT molecular complexity index is 768. The van der Waals surface area contributed by atoms with Crippen molar-refractivity contribution in [1.82, 2.24) is 14.8 Å². The maximum atomic E-state index is 13.9. The summed E-state index contributed by atoms with van der Waals surface area (Å²) in [5.41, 5.74) is 3.30. The van der Waals surface area contributed by atoms with Crippen molar-refractivity contribution in [1.29, 1.82) is 0 Å². The number of hydrogen-bond acceptors (Lipinski definition) is 3. The van der Waals surface area contributed by atoms with E-state index in [0.717, 1.165) is 22.6 Å². The third kappa shape index (κ3) is 2.50. The van der Waals surface area contributed by atoms with Gasteiger partial charge in [-0.2, -0.15) is 5.10 Å². The second-order valence-electron chi connectivity index (χ2n) is 4.64. The highest BCUT2D eigenvalue weighted by atomic mass is 19.1. The molecule has 5 heteroatoms. The Morgan fingerprint density at radius 3 is 2.52 bits per heavy atom. The summed E-state index contributed by atoms with van der Waals surface area (Å²) >= 11 is 0. The van der Waals surface area contributed by atoms with Crippen LogP contribution in [0.3, 0.4) is 0 Å². The van der Waals surface area contributed by atoms with Crippen molar-refractivity contribution in [3.8, 4) is 22.7 Å². The summed E-state index contributed by atoms with van der Waals surface area (Å²) < 4.78 is 20.6. The zero-order valence-corrected chi connectivity index (χ0v) is 11.7. The van der Waals surface area contributed by atoms with Gasteiger partial charge in [-0.05, 0) is 43.3 Å². The summed E-state index contributed by atoms with van der Waals surface area (Å²) in [6.45, 7) is 1.90. The quantitative estimate of drug-likeness (QED) is 0.739. The molecule has 0 spiro atoms. The van der Waals surface area contributed by atoms with Gasteiger partial charge in [0.05, 0.1) is 24.2 Å². The van der Waals surface area contributed by atoms with E-state index >= 15 is 0 Å². The summed E-state index contributed by atoms with van der Waals surface area (Å²) in [4.78, 5) is 4.00. The summed E-state index contributed by atoms with van der Waals surface area (Å²) in [6.07, 6.45) is 3.40. The molecule has 2 aromatic heterocycles. The Morgan fingerprint density at radius 1 is 1.10 bits per heavy atom. The van der Waals surface area contributed by atoms with E-state index in [1.54, 1.807) is 23.1 Å². The van der Waals surface area contributed by atoms with E-state index in [2.05, 4.69) is 10.1 Å². The van der Waals surface area contributed by atoms with E-state index in [4.69, 9.17) is 4.74 Å². The SMILES string of the molecule is COc1ccc(-c2cc(C)nn2-c2ccncc2)cc1F. The van der Waals surface area contributed by atoms with Crippen molar-refractivity contribution < 1.29 is 9.13 Å². The molecule has 3 aromatic rings. The largest absolute Gasteiger partial charge is 0.494 e. The molecule has 0 atom stereocenters. The molecule has 0 saturated carbocycles. The number of aryl methyl sites for hydroxylation is 1. The molecule has 0 aliphatic heterocycles. The normalized spacial score (nSPS) is 10.6. The van der Waals surface area contributed by atoms with E-state index < -0.39 is 5.82 Å². The summed E-state index contributed by atoms with van der Waals surface area (Å²) in [6, 6.07) is 10.5. The Labute approximate surface area is 121 Å². The topological polar surface area (TPSA) is 39.9 Å². The highest BCUT2D eigenvalue weighted by Crippen LogP contribution is 2.27. The summed E-state index contributed by atoms with van der Waals surface area (Å²) in [7, 11) is 1.45.